The van der Waals surface area contributed by atoms with E-state index in [2.05, 4.69) is 5.32 Å². The van der Waals surface area contributed by atoms with Gasteiger partial charge < -0.3 is 10.4 Å². The molecule has 0 atom stereocenters. The van der Waals surface area contributed by atoms with Crippen LogP contribution in [0, 0.1) is 24.0 Å². The van der Waals surface area contributed by atoms with Crippen molar-refractivity contribution in [3.63, 3.8) is 0 Å². The Morgan fingerprint density at radius 3 is 2.61 bits per heavy atom. The van der Waals surface area contributed by atoms with Gasteiger partial charge in [-0.1, -0.05) is 12.1 Å². The second-order valence-electron chi connectivity index (χ2n) is 5.13. The number of anilines is 1. The number of aromatic hydroxyl groups is 1. The number of nitro benzene ring substituents is 1. The molecule has 2 aromatic carbocycles. The van der Waals surface area contributed by atoms with Gasteiger partial charge in [0, 0.05) is 18.2 Å². The second-order valence-corrected chi connectivity index (χ2v) is 5.13. The van der Waals surface area contributed by atoms with Crippen LogP contribution in [0.4, 0.5) is 11.4 Å². The summed E-state index contributed by atoms with van der Waals surface area (Å²) < 4.78 is 0. The number of amides is 1. The van der Waals surface area contributed by atoms with E-state index in [9.17, 15) is 20.0 Å². The molecule has 2 rings (SSSR count). The third kappa shape index (κ3) is 4.16. The molecule has 0 fully saturated rings. The minimum absolute atomic E-state index is 0.00908. The molecule has 23 heavy (non-hydrogen) atoms. The van der Waals surface area contributed by atoms with E-state index in [0.29, 0.717) is 11.3 Å². The van der Waals surface area contributed by atoms with Crippen LogP contribution >= 0.6 is 0 Å². The number of hydrogen-bond acceptors (Lipinski definition) is 4. The van der Waals surface area contributed by atoms with Crippen molar-refractivity contribution < 1.29 is 14.8 Å². The maximum absolute atomic E-state index is 11.9. The molecule has 0 heterocycles. The number of hydrogen-bond donors (Lipinski definition) is 2. The van der Waals surface area contributed by atoms with Crippen molar-refractivity contribution in [2.75, 3.05) is 5.32 Å². The first-order valence-electron chi connectivity index (χ1n) is 6.90. The van der Waals surface area contributed by atoms with Crippen LogP contribution in [-0.4, -0.2) is 15.9 Å². The topological polar surface area (TPSA) is 92.5 Å². The Labute approximate surface area is 133 Å². The number of nitrogens with one attached hydrogen (secondary N) is 1. The largest absolute Gasteiger partial charge is 0.506 e. The van der Waals surface area contributed by atoms with Crippen molar-refractivity contribution in [2.24, 2.45) is 0 Å². The van der Waals surface area contributed by atoms with Crippen LogP contribution < -0.4 is 5.32 Å². The van der Waals surface area contributed by atoms with Gasteiger partial charge in [0.2, 0.25) is 5.91 Å². The van der Waals surface area contributed by atoms with Gasteiger partial charge in [-0.15, -0.1) is 0 Å². The zero-order valence-corrected chi connectivity index (χ0v) is 12.7. The zero-order valence-electron chi connectivity index (χ0n) is 12.7. The van der Waals surface area contributed by atoms with Gasteiger partial charge in [0.05, 0.1) is 10.6 Å². The molecule has 0 bridgehead atoms. The summed E-state index contributed by atoms with van der Waals surface area (Å²) in [5.74, 6) is -0.444. The highest BCUT2D eigenvalue weighted by atomic mass is 16.6. The Hall–Kier alpha value is -3.15. The van der Waals surface area contributed by atoms with Gasteiger partial charge in [0.1, 0.15) is 5.75 Å². The Balaban J connectivity index is 2.12. The lowest BCUT2D eigenvalue weighted by atomic mass is 10.1. The number of carbonyl (C=O) groups excluding carboxylic acids is 1. The van der Waals surface area contributed by atoms with Gasteiger partial charge in [-0.3, -0.25) is 14.9 Å². The van der Waals surface area contributed by atoms with Crippen molar-refractivity contribution in [2.45, 2.75) is 13.8 Å². The average molecular weight is 312 g/mol. The van der Waals surface area contributed by atoms with Crippen LogP contribution in [0.25, 0.3) is 6.08 Å². The number of nitro groups is 1. The number of rotatable bonds is 4. The predicted molar refractivity (Wildman–Crippen MR) is 88.3 cm³/mol. The first kappa shape index (κ1) is 16.2. The second kappa shape index (κ2) is 6.74. The fourth-order valence-electron chi connectivity index (χ4n) is 1.99. The molecule has 0 aromatic heterocycles. The summed E-state index contributed by atoms with van der Waals surface area (Å²) >= 11 is 0. The van der Waals surface area contributed by atoms with Crippen LogP contribution in [-0.2, 0) is 4.79 Å². The number of benzene rings is 2. The SMILES string of the molecule is Cc1cc(O)c(NC(=O)C=Cc2cccc([N+](=O)[O-])c2)cc1C. The molecule has 0 spiro atoms. The molecular weight excluding hydrogens is 296 g/mol. The molecule has 0 saturated carbocycles. The fourth-order valence-corrected chi connectivity index (χ4v) is 1.99. The predicted octanol–water partition coefficient (Wildman–Crippen LogP) is 3.57. The highest BCUT2D eigenvalue weighted by Gasteiger charge is 2.07. The average Bonchev–Trinajstić information content (AvgIpc) is 2.51. The first-order valence-corrected chi connectivity index (χ1v) is 6.90. The fraction of sp³-hybridized carbons (Fsp3) is 0.118. The minimum Gasteiger partial charge on any atom is -0.506 e. The number of phenols is 1. The van der Waals surface area contributed by atoms with E-state index in [4.69, 9.17) is 0 Å². The molecule has 0 aliphatic rings. The lowest BCUT2D eigenvalue weighted by molar-refractivity contribution is -0.384. The van der Waals surface area contributed by atoms with E-state index in [1.807, 2.05) is 13.8 Å². The number of non-ortho nitro benzene ring substituents is 1. The third-order valence-corrected chi connectivity index (χ3v) is 3.38. The maximum atomic E-state index is 11.9. The summed E-state index contributed by atoms with van der Waals surface area (Å²) in [5.41, 5.74) is 2.69. The molecule has 2 N–H and O–H groups in total. The number of aryl methyl sites for hydroxylation is 2. The number of phenolic OH excluding ortho intramolecular Hbond substituents is 1. The van der Waals surface area contributed by atoms with Gasteiger partial charge in [0.25, 0.3) is 5.69 Å². The van der Waals surface area contributed by atoms with Crippen molar-refractivity contribution in [3.05, 3.63) is 69.3 Å². The first-order chi connectivity index (χ1) is 10.9. The Bertz CT molecular complexity index is 797. The van der Waals surface area contributed by atoms with E-state index in [-0.39, 0.29) is 11.4 Å². The lowest BCUT2D eigenvalue weighted by Crippen LogP contribution is -2.08. The van der Waals surface area contributed by atoms with Crippen LogP contribution in [0.5, 0.6) is 5.75 Å². The van der Waals surface area contributed by atoms with Crippen LogP contribution in [0.1, 0.15) is 16.7 Å². The van der Waals surface area contributed by atoms with Crippen molar-refractivity contribution in [1.29, 1.82) is 0 Å². The highest BCUT2D eigenvalue weighted by Crippen LogP contribution is 2.26. The van der Waals surface area contributed by atoms with Crippen LogP contribution in [0.15, 0.2) is 42.5 Å². The number of carbonyl (C=O) groups is 1. The van der Waals surface area contributed by atoms with Crippen molar-refractivity contribution >= 4 is 23.4 Å². The molecule has 0 saturated heterocycles. The smallest absolute Gasteiger partial charge is 0.270 e. The van der Waals surface area contributed by atoms with Gasteiger partial charge in [-0.05, 0) is 48.7 Å². The molecule has 6 heteroatoms. The maximum Gasteiger partial charge on any atom is 0.270 e. The summed E-state index contributed by atoms with van der Waals surface area (Å²) in [5, 5.41) is 23.1. The summed E-state index contributed by atoms with van der Waals surface area (Å²) in [7, 11) is 0. The molecule has 0 unspecified atom stereocenters. The van der Waals surface area contributed by atoms with E-state index in [1.165, 1.54) is 24.3 Å². The molecule has 0 aliphatic carbocycles. The van der Waals surface area contributed by atoms with Crippen LogP contribution in [0.3, 0.4) is 0 Å². The standard InChI is InChI=1S/C17H16N2O4/c1-11-8-15(16(20)9-12(11)2)18-17(21)7-6-13-4-3-5-14(10-13)19(22)23/h3-10,20H,1-2H3,(H,18,21). The molecule has 0 aliphatic heterocycles. The van der Waals surface area contributed by atoms with E-state index >= 15 is 0 Å². The molecular formula is C17H16N2O4. The summed E-state index contributed by atoms with van der Waals surface area (Å²) in [6.45, 7) is 3.74. The Kier molecular flexibility index (Phi) is 4.75. The van der Waals surface area contributed by atoms with Crippen molar-refractivity contribution in [3.8, 4) is 5.75 Å². The van der Waals surface area contributed by atoms with Gasteiger partial charge >= 0.3 is 0 Å². The lowest BCUT2D eigenvalue weighted by Gasteiger charge is -2.08. The van der Waals surface area contributed by atoms with Gasteiger partial charge in [-0.2, -0.15) is 0 Å². The summed E-state index contributed by atoms with van der Waals surface area (Å²) in [4.78, 5) is 22.1. The highest BCUT2D eigenvalue weighted by molar-refractivity contribution is 6.02. The van der Waals surface area contributed by atoms with Gasteiger partial charge in [0.15, 0.2) is 0 Å². The normalized spacial score (nSPS) is 10.7. The van der Waals surface area contributed by atoms with E-state index < -0.39 is 10.8 Å². The molecule has 1 amide bonds. The van der Waals surface area contributed by atoms with E-state index in [0.717, 1.165) is 11.1 Å². The van der Waals surface area contributed by atoms with Crippen LogP contribution in [0.2, 0.25) is 0 Å². The Morgan fingerprint density at radius 1 is 1.22 bits per heavy atom. The quantitative estimate of drug-likeness (QED) is 0.391. The van der Waals surface area contributed by atoms with Crippen molar-refractivity contribution in [1.82, 2.24) is 0 Å². The minimum atomic E-state index is -0.496. The van der Waals surface area contributed by atoms with Gasteiger partial charge in [-0.25, -0.2) is 0 Å². The molecule has 118 valence electrons. The Morgan fingerprint density at radius 2 is 1.91 bits per heavy atom. The monoisotopic (exact) mass is 312 g/mol. The summed E-state index contributed by atoms with van der Waals surface area (Å²) in [6, 6.07) is 9.22. The molecule has 6 nitrogen and oxygen atoms in total. The third-order valence-electron chi connectivity index (χ3n) is 3.38. The zero-order chi connectivity index (χ0) is 17.0. The summed E-state index contributed by atoms with van der Waals surface area (Å²) in [6.07, 6.45) is 2.73. The molecule has 2 aromatic rings. The van der Waals surface area contributed by atoms with E-state index in [1.54, 1.807) is 24.3 Å². The number of nitrogens with zero attached hydrogens (tertiary/aromatic N) is 1. The molecule has 0 radical (unpaired) electrons.